The molecule has 0 aromatic heterocycles. The fourth-order valence-corrected chi connectivity index (χ4v) is 2.96. The fraction of sp³-hybridized carbons (Fsp3) is 0.909. The number of hydrogen-bond acceptors (Lipinski definition) is 4. The van der Waals surface area contributed by atoms with Crippen molar-refractivity contribution in [3.8, 4) is 0 Å². The van der Waals surface area contributed by atoms with Crippen LogP contribution >= 0.6 is 11.8 Å². The van der Waals surface area contributed by atoms with Gasteiger partial charge in [-0.3, -0.25) is 0 Å². The van der Waals surface area contributed by atoms with Gasteiger partial charge in [0.25, 0.3) is 0 Å². The van der Waals surface area contributed by atoms with E-state index in [-0.39, 0.29) is 5.92 Å². The number of thioether (sulfide) groups is 1. The molecule has 3 N–H and O–H groups in total. The summed E-state index contributed by atoms with van der Waals surface area (Å²) in [7, 11) is 0. The van der Waals surface area contributed by atoms with Crippen molar-refractivity contribution < 1.29 is 5.21 Å². The normalized spacial score (nSPS) is 25.1. The summed E-state index contributed by atoms with van der Waals surface area (Å²) in [6, 6.07) is 0. The third-order valence-electron chi connectivity index (χ3n) is 3.08. The minimum absolute atomic E-state index is 0.121. The molecule has 0 aliphatic carbocycles. The molecule has 0 bridgehead atoms. The Morgan fingerprint density at radius 2 is 2.25 bits per heavy atom. The van der Waals surface area contributed by atoms with E-state index in [4.69, 9.17) is 10.9 Å². The predicted molar refractivity (Wildman–Crippen MR) is 70.2 cm³/mol. The minimum Gasteiger partial charge on any atom is -0.409 e. The molecule has 1 atom stereocenters. The molecule has 1 aliphatic heterocycles. The zero-order valence-corrected chi connectivity index (χ0v) is 11.3. The molecule has 0 spiro atoms. The van der Waals surface area contributed by atoms with Crippen LogP contribution in [0, 0.1) is 5.92 Å². The Bertz CT molecular complexity index is 256. The van der Waals surface area contributed by atoms with Crippen LogP contribution in [-0.2, 0) is 0 Å². The van der Waals surface area contributed by atoms with Crippen molar-refractivity contribution in [1.29, 1.82) is 0 Å². The third-order valence-corrected chi connectivity index (χ3v) is 4.46. The molecule has 1 fully saturated rings. The molecule has 0 amide bonds. The van der Waals surface area contributed by atoms with E-state index in [0.717, 1.165) is 25.4 Å². The lowest BCUT2D eigenvalue weighted by molar-refractivity contribution is 0.262. The van der Waals surface area contributed by atoms with Gasteiger partial charge in [-0.25, -0.2) is 0 Å². The monoisotopic (exact) mass is 245 g/mol. The van der Waals surface area contributed by atoms with Gasteiger partial charge in [0.1, 0.15) is 5.84 Å². The van der Waals surface area contributed by atoms with Crippen molar-refractivity contribution >= 4 is 17.6 Å². The first kappa shape index (κ1) is 13.6. The molecule has 0 radical (unpaired) electrons. The molecule has 1 saturated heterocycles. The van der Waals surface area contributed by atoms with Crippen LogP contribution in [0.5, 0.6) is 0 Å². The van der Waals surface area contributed by atoms with Crippen molar-refractivity contribution in [3.63, 3.8) is 0 Å². The maximum Gasteiger partial charge on any atom is 0.143 e. The van der Waals surface area contributed by atoms with Crippen LogP contribution in [0.2, 0.25) is 0 Å². The molecule has 1 heterocycles. The number of hydrogen-bond donors (Lipinski definition) is 2. The van der Waals surface area contributed by atoms with E-state index in [1.165, 1.54) is 6.42 Å². The zero-order chi connectivity index (χ0) is 12.2. The van der Waals surface area contributed by atoms with Crippen LogP contribution in [0.4, 0.5) is 0 Å². The number of nitrogens with zero attached hydrogens (tertiary/aromatic N) is 2. The molecule has 0 saturated carbocycles. The van der Waals surface area contributed by atoms with E-state index >= 15 is 0 Å². The number of rotatable bonds is 3. The average Bonchev–Trinajstić information content (AvgIpc) is 2.39. The Labute approximate surface area is 102 Å². The summed E-state index contributed by atoms with van der Waals surface area (Å²) in [6.07, 6.45) is 1.19. The van der Waals surface area contributed by atoms with Gasteiger partial charge in [0.15, 0.2) is 0 Å². The summed E-state index contributed by atoms with van der Waals surface area (Å²) in [4.78, 5) is 2.41. The molecule has 0 aromatic rings. The molecular weight excluding hydrogens is 222 g/mol. The van der Waals surface area contributed by atoms with Gasteiger partial charge >= 0.3 is 0 Å². The standard InChI is InChI=1S/C11H23N3OS/c1-9(10(12)13-15)8-14-5-4-11(2,3)16-7-6-14/h9,15H,4-8H2,1-3H3,(H2,12,13). The highest BCUT2D eigenvalue weighted by molar-refractivity contribution is 8.00. The van der Waals surface area contributed by atoms with E-state index in [0.29, 0.717) is 10.6 Å². The summed E-state index contributed by atoms with van der Waals surface area (Å²) >= 11 is 2.03. The van der Waals surface area contributed by atoms with Crippen molar-refractivity contribution in [2.45, 2.75) is 31.9 Å². The third kappa shape index (κ3) is 4.22. The van der Waals surface area contributed by atoms with Crippen LogP contribution in [0.25, 0.3) is 0 Å². The first-order chi connectivity index (χ1) is 7.44. The lowest BCUT2D eigenvalue weighted by Gasteiger charge is -2.24. The molecule has 1 unspecified atom stereocenters. The molecule has 5 heteroatoms. The van der Waals surface area contributed by atoms with Gasteiger partial charge < -0.3 is 15.8 Å². The van der Waals surface area contributed by atoms with E-state index in [1.54, 1.807) is 0 Å². The van der Waals surface area contributed by atoms with Gasteiger partial charge in [-0.1, -0.05) is 25.9 Å². The molecular formula is C11H23N3OS. The van der Waals surface area contributed by atoms with Gasteiger partial charge in [-0.05, 0) is 13.0 Å². The average molecular weight is 245 g/mol. The van der Waals surface area contributed by atoms with Crippen LogP contribution in [-0.4, -0.2) is 46.1 Å². The predicted octanol–water partition coefficient (Wildman–Crippen LogP) is 1.59. The Hall–Kier alpha value is -0.420. The lowest BCUT2D eigenvalue weighted by Crippen LogP contribution is -2.36. The van der Waals surface area contributed by atoms with Gasteiger partial charge in [0, 0.05) is 29.5 Å². The molecule has 94 valence electrons. The highest BCUT2D eigenvalue weighted by atomic mass is 32.2. The number of nitrogens with two attached hydrogens (primary N) is 1. The Morgan fingerprint density at radius 1 is 1.56 bits per heavy atom. The fourth-order valence-electron chi connectivity index (χ4n) is 1.82. The first-order valence-corrected chi connectivity index (χ1v) is 6.77. The minimum atomic E-state index is 0.121. The van der Waals surface area contributed by atoms with Crippen molar-refractivity contribution in [1.82, 2.24) is 4.90 Å². The van der Waals surface area contributed by atoms with E-state index in [2.05, 4.69) is 23.9 Å². The summed E-state index contributed by atoms with van der Waals surface area (Å²) in [5.41, 5.74) is 5.59. The number of amidine groups is 1. The van der Waals surface area contributed by atoms with Gasteiger partial charge in [0.05, 0.1) is 0 Å². The summed E-state index contributed by atoms with van der Waals surface area (Å²) in [5.74, 6) is 1.61. The molecule has 1 rings (SSSR count). The Kier molecular flexibility index (Phi) is 4.92. The highest BCUT2D eigenvalue weighted by Gasteiger charge is 2.24. The lowest BCUT2D eigenvalue weighted by atomic mass is 10.1. The van der Waals surface area contributed by atoms with Crippen LogP contribution < -0.4 is 5.73 Å². The molecule has 4 nitrogen and oxygen atoms in total. The quantitative estimate of drug-likeness (QED) is 0.343. The topological polar surface area (TPSA) is 61.8 Å². The zero-order valence-electron chi connectivity index (χ0n) is 10.4. The van der Waals surface area contributed by atoms with Crippen molar-refractivity contribution in [2.75, 3.05) is 25.4 Å². The maximum absolute atomic E-state index is 8.61. The van der Waals surface area contributed by atoms with Gasteiger partial charge in [-0.2, -0.15) is 11.8 Å². The smallest absolute Gasteiger partial charge is 0.143 e. The SMILES string of the molecule is CC(CN1CCSC(C)(C)CC1)C(N)=NO. The van der Waals surface area contributed by atoms with Gasteiger partial charge in [-0.15, -0.1) is 0 Å². The molecule has 16 heavy (non-hydrogen) atoms. The van der Waals surface area contributed by atoms with Crippen LogP contribution in [0.15, 0.2) is 5.16 Å². The van der Waals surface area contributed by atoms with Crippen molar-refractivity contribution in [2.24, 2.45) is 16.8 Å². The second-order valence-electron chi connectivity index (χ2n) is 5.08. The Morgan fingerprint density at radius 3 is 2.88 bits per heavy atom. The number of oxime groups is 1. The largest absolute Gasteiger partial charge is 0.409 e. The summed E-state index contributed by atoms with van der Waals surface area (Å²) < 4.78 is 0.384. The Balaban J connectivity index is 2.44. The first-order valence-electron chi connectivity index (χ1n) is 5.78. The van der Waals surface area contributed by atoms with E-state index in [9.17, 15) is 0 Å². The second kappa shape index (κ2) is 5.77. The van der Waals surface area contributed by atoms with Gasteiger partial charge in [0.2, 0.25) is 0 Å². The molecule has 0 aromatic carbocycles. The summed E-state index contributed by atoms with van der Waals surface area (Å²) in [6.45, 7) is 9.67. The highest BCUT2D eigenvalue weighted by Crippen LogP contribution is 2.30. The summed E-state index contributed by atoms with van der Waals surface area (Å²) in [5, 5.41) is 11.7. The van der Waals surface area contributed by atoms with E-state index < -0.39 is 0 Å². The second-order valence-corrected chi connectivity index (χ2v) is 6.89. The van der Waals surface area contributed by atoms with Crippen LogP contribution in [0.3, 0.4) is 0 Å². The maximum atomic E-state index is 8.61. The molecule has 1 aliphatic rings. The van der Waals surface area contributed by atoms with Crippen LogP contribution in [0.1, 0.15) is 27.2 Å². The van der Waals surface area contributed by atoms with E-state index in [1.807, 2.05) is 18.7 Å². The van der Waals surface area contributed by atoms with Crippen molar-refractivity contribution in [3.05, 3.63) is 0 Å².